The Kier molecular flexibility index (Phi) is 6.66. The number of ether oxygens (including phenoxy) is 2. The van der Waals surface area contributed by atoms with E-state index in [1.807, 2.05) is 37.7 Å². The fourth-order valence-electron chi connectivity index (χ4n) is 2.02. The molecule has 2 rings (SSSR count). The van der Waals surface area contributed by atoms with E-state index in [1.54, 1.807) is 11.3 Å². The van der Waals surface area contributed by atoms with Crippen molar-refractivity contribution in [3.05, 3.63) is 45.9 Å². The summed E-state index contributed by atoms with van der Waals surface area (Å²) in [6.07, 6.45) is 0.923. The summed E-state index contributed by atoms with van der Waals surface area (Å²) in [7, 11) is 1.93. The van der Waals surface area contributed by atoms with E-state index in [1.165, 1.54) is 10.4 Å². The van der Waals surface area contributed by atoms with Crippen LogP contribution in [0.15, 0.2) is 29.8 Å². The fourth-order valence-corrected chi connectivity index (χ4v) is 2.79. The lowest BCUT2D eigenvalue weighted by atomic mass is 10.2. The van der Waals surface area contributed by atoms with Gasteiger partial charge in [-0.1, -0.05) is 18.2 Å². The van der Waals surface area contributed by atoms with E-state index in [0.717, 1.165) is 24.4 Å². The average molecular weight is 306 g/mol. The van der Waals surface area contributed by atoms with Crippen LogP contribution in [0.2, 0.25) is 0 Å². The lowest BCUT2D eigenvalue weighted by Crippen LogP contribution is -2.11. The third kappa shape index (κ3) is 5.12. The molecule has 0 spiro atoms. The second-order valence-corrected chi connectivity index (χ2v) is 5.65. The van der Waals surface area contributed by atoms with Gasteiger partial charge in [0.15, 0.2) is 0 Å². The van der Waals surface area contributed by atoms with Gasteiger partial charge in [-0.05, 0) is 20.0 Å². The summed E-state index contributed by atoms with van der Waals surface area (Å²) in [4.78, 5) is 5.53. The zero-order valence-corrected chi connectivity index (χ0v) is 13.4. The van der Waals surface area contributed by atoms with Crippen LogP contribution >= 0.6 is 11.3 Å². The number of hydrogen-bond acceptors (Lipinski definition) is 5. The molecule has 1 aromatic heterocycles. The van der Waals surface area contributed by atoms with Gasteiger partial charge in [0.2, 0.25) is 0 Å². The van der Waals surface area contributed by atoms with Crippen LogP contribution in [0, 0.1) is 6.92 Å². The molecule has 0 saturated heterocycles. The Morgan fingerprint density at radius 1 is 1.19 bits per heavy atom. The number of nitrogens with one attached hydrogen (secondary N) is 1. The molecule has 0 amide bonds. The lowest BCUT2D eigenvalue weighted by molar-refractivity contribution is 0.102. The molecule has 1 N–H and O–H groups in total. The van der Waals surface area contributed by atoms with E-state index in [-0.39, 0.29) is 0 Å². The molecule has 5 heteroatoms. The second kappa shape index (κ2) is 8.77. The normalized spacial score (nSPS) is 10.8. The van der Waals surface area contributed by atoms with Crippen LogP contribution in [0.25, 0.3) is 0 Å². The standard InChI is InChI=1S/C16H22N2O2S/c1-13-16(21-12-18-13)7-8-19-9-10-20-15-6-4-3-5-14(15)11-17-2/h3-6,12,17H,7-11H2,1-2H3. The van der Waals surface area contributed by atoms with Crippen LogP contribution in [-0.4, -0.2) is 31.9 Å². The maximum atomic E-state index is 5.78. The Morgan fingerprint density at radius 3 is 2.81 bits per heavy atom. The van der Waals surface area contributed by atoms with Gasteiger partial charge in [-0.25, -0.2) is 4.98 Å². The molecule has 0 aliphatic rings. The average Bonchev–Trinajstić information content (AvgIpc) is 2.90. The molecule has 114 valence electrons. The van der Waals surface area contributed by atoms with Crippen molar-refractivity contribution in [2.24, 2.45) is 0 Å². The third-order valence-electron chi connectivity index (χ3n) is 3.14. The van der Waals surface area contributed by atoms with Crippen molar-refractivity contribution in [2.75, 3.05) is 26.9 Å². The highest BCUT2D eigenvalue weighted by Gasteiger charge is 2.03. The number of benzene rings is 1. The topological polar surface area (TPSA) is 43.4 Å². The summed E-state index contributed by atoms with van der Waals surface area (Å²) in [6, 6.07) is 8.07. The van der Waals surface area contributed by atoms with Crippen LogP contribution in [-0.2, 0) is 17.7 Å². The summed E-state index contributed by atoms with van der Waals surface area (Å²) in [5, 5.41) is 3.14. The highest BCUT2D eigenvalue weighted by atomic mass is 32.1. The zero-order chi connectivity index (χ0) is 14.9. The predicted octanol–water partition coefficient (Wildman–Crippen LogP) is 2.81. The smallest absolute Gasteiger partial charge is 0.123 e. The van der Waals surface area contributed by atoms with Gasteiger partial charge in [0.1, 0.15) is 12.4 Å². The van der Waals surface area contributed by atoms with E-state index in [9.17, 15) is 0 Å². The number of thiazole rings is 1. The SMILES string of the molecule is CNCc1ccccc1OCCOCCc1scnc1C. The van der Waals surface area contributed by atoms with E-state index < -0.39 is 0 Å². The number of rotatable bonds is 9. The molecule has 0 aliphatic heterocycles. The van der Waals surface area contributed by atoms with Crippen LogP contribution in [0.4, 0.5) is 0 Å². The monoisotopic (exact) mass is 306 g/mol. The minimum absolute atomic E-state index is 0.572. The number of para-hydroxylation sites is 1. The first-order valence-corrected chi connectivity index (χ1v) is 8.01. The van der Waals surface area contributed by atoms with Gasteiger partial charge in [-0.2, -0.15) is 0 Å². The molecule has 21 heavy (non-hydrogen) atoms. The van der Waals surface area contributed by atoms with Crippen molar-refractivity contribution < 1.29 is 9.47 Å². The quantitative estimate of drug-likeness (QED) is 0.724. The zero-order valence-electron chi connectivity index (χ0n) is 12.6. The predicted molar refractivity (Wildman–Crippen MR) is 86.1 cm³/mol. The molecule has 0 aliphatic carbocycles. The molecule has 0 fully saturated rings. The van der Waals surface area contributed by atoms with Gasteiger partial charge in [0.05, 0.1) is 24.4 Å². The third-order valence-corrected chi connectivity index (χ3v) is 4.14. The molecular formula is C16H22N2O2S. The summed E-state index contributed by atoms with van der Waals surface area (Å²) >= 11 is 1.69. The second-order valence-electron chi connectivity index (χ2n) is 4.71. The minimum Gasteiger partial charge on any atom is -0.491 e. The number of hydrogen-bond donors (Lipinski definition) is 1. The Morgan fingerprint density at radius 2 is 2.05 bits per heavy atom. The van der Waals surface area contributed by atoms with Gasteiger partial charge in [-0.3, -0.25) is 0 Å². The molecule has 1 heterocycles. The van der Waals surface area contributed by atoms with E-state index >= 15 is 0 Å². The summed E-state index contributed by atoms with van der Waals surface area (Å²) in [5.41, 5.74) is 4.16. The van der Waals surface area contributed by atoms with Gasteiger partial charge < -0.3 is 14.8 Å². The number of aryl methyl sites for hydroxylation is 1. The number of aromatic nitrogens is 1. The summed E-state index contributed by atoms with van der Waals surface area (Å²) < 4.78 is 11.4. The van der Waals surface area contributed by atoms with Crippen molar-refractivity contribution >= 4 is 11.3 Å². The van der Waals surface area contributed by atoms with Crippen molar-refractivity contribution in [2.45, 2.75) is 19.9 Å². The molecule has 0 saturated carbocycles. The lowest BCUT2D eigenvalue weighted by Gasteiger charge is -2.11. The molecule has 2 aromatic rings. The molecule has 1 aromatic carbocycles. The van der Waals surface area contributed by atoms with Gasteiger partial charge in [-0.15, -0.1) is 11.3 Å². The largest absolute Gasteiger partial charge is 0.491 e. The van der Waals surface area contributed by atoms with Crippen LogP contribution in [0.3, 0.4) is 0 Å². The van der Waals surface area contributed by atoms with Crippen molar-refractivity contribution in [3.8, 4) is 5.75 Å². The molecular weight excluding hydrogens is 284 g/mol. The first kappa shape index (κ1) is 15.9. The minimum atomic E-state index is 0.572. The Bertz CT molecular complexity index is 543. The Hall–Kier alpha value is -1.43. The van der Waals surface area contributed by atoms with Crippen molar-refractivity contribution in [1.82, 2.24) is 10.3 Å². The molecule has 0 bridgehead atoms. The first-order chi connectivity index (χ1) is 10.3. The van der Waals surface area contributed by atoms with Crippen molar-refractivity contribution in [1.29, 1.82) is 0 Å². The van der Waals surface area contributed by atoms with E-state index in [4.69, 9.17) is 9.47 Å². The van der Waals surface area contributed by atoms with Crippen molar-refractivity contribution in [3.63, 3.8) is 0 Å². The Labute approximate surface area is 130 Å². The maximum Gasteiger partial charge on any atom is 0.123 e. The van der Waals surface area contributed by atoms with E-state index in [2.05, 4.69) is 16.4 Å². The van der Waals surface area contributed by atoms with Gasteiger partial charge >= 0.3 is 0 Å². The highest BCUT2D eigenvalue weighted by Crippen LogP contribution is 2.17. The Balaban J connectivity index is 1.65. The summed E-state index contributed by atoms with van der Waals surface area (Å²) in [6.45, 7) is 4.73. The number of nitrogens with zero attached hydrogens (tertiary/aromatic N) is 1. The molecule has 4 nitrogen and oxygen atoms in total. The van der Waals surface area contributed by atoms with Gasteiger partial charge in [0.25, 0.3) is 0 Å². The van der Waals surface area contributed by atoms with Crippen LogP contribution in [0.5, 0.6) is 5.75 Å². The highest BCUT2D eigenvalue weighted by molar-refractivity contribution is 7.09. The molecule has 0 unspecified atom stereocenters. The van der Waals surface area contributed by atoms with Crippen LogP contribution in [0.1, 0.15) is 16.1 Å². The summed E-state index contributed by atoms with van der Waals surface area (Å²) in [5.74, 6) is 0.925. The molecule has 0 atom stereocenters. The van der Waals surface area contributed by atoms with E-state index in [0.29, 0.717) is 19.8 Å². The van der Waals surface area contributed by atoms with Gasteiger partial charge in [0, 0.05) is 23.4 Å². The fraction of sp³-hybridized carbons (Fsp3) is 0.438. The maximum absolute atomic E-state index is 5.78. The van der Waals surface area contributed by atoms with Crippen LogP contribution < -0.4 is 10.1 Å². The first-order valence-electron chi connectivity index (χ1n) is 7.13. The molecule has 0 radical (unpaired) electrons.